The van der Waals surface area contributed by atoms with Gasteiger partial charge in [0.25, 0.3) is 0 Å². The summed E-state index contributed by atoms with van der Waals surface area (Å²) < 4.78 is 32.0. The number of hydrogen-bond acceptors (Lipinski definition) is 5. The van der Waals surface area contributed by atoms with Gasteiger partial charge in [0.05, 0.1) is 13.2 Å². The fourth-order valence-corrected chi connectivity index (χ4v) is 3.20. The van der Waals surface area contributed by atoms with Gasteiger partial charge in [-0.3, -0.25) is 4.98 Å². The summed E-state index contributed by atoms with van der Waals surface area (Å²) in [7, 11) is 0. The van der Waals surface area contributed by atoms with Crippen molar-refractivity contribution in [2.75, 3.05) is 41.8 Å². The van der Waals surface area contributed by atoms with Crippen molar-refractivity contribution in [2.45, 2.75) is 0 Å². The molecule has 1 saturated heterocycles. The highest BCUT2D eigenvalue weighted by Crippen LogP contribution is 2.29. The van der Waals surface area contributed by atoms with E-state index in [2.05, 4.69) is 25.5 Å². The van der Waals surface area contributed by atoms with Gasteiger partial charge in [-0.1, -0.05) is 12.1 Å². The standard InChI is InChI=1S/C21H19F2N5O2/c22-15-11-16(23)13-18(12-15)27-21(29)26-17-3-1-2-14(10-17)19-20(25-5-4-24-19)28-6-8-30-9-7-28/h1-5,10-13H,6-9H2,(H2,26,27,29). The second kappa shape index (κ2) is 8.83. The van der Waals surface area contributed by atoms with E-state index in [0.717, 1.165) is 42.7 Å². The van der Waals surface area contributed by atoms with Crippen molar-refractivity contribution in [3.05, 3.63) is 66.5 Å². The lowest BCUT2D eigenvalue weighted by molar-refractivity contribution is 0.122. The average molecular weight is 411 g/mol. The summed E-state index contributed by atoms with van der Waals surface area (Å²) in [5.74, 6) is -0.797. The van der Waals surface area contributed by atoms with E-state index < -0.39 is 17.7 Å². The van der Waals surface area contributed by atoms with Crippen LogP contribution in [0.2, 0.25) is 0 Å². The van der Waals surface area contributed by atoms with Gasteiger partial charge in [-0.15, -0.1) is 0 Å². The highest BCUT2D eigenvalue weighted by atomic mass is 19.1. The van der Waals surface area contributed by atoms with Gasteiger partial charge in [0.15, 0.2) is 5.82 Å². The quantitative estimate of drug-likeness (QED) is 0.681. The Morgan fingerprint density at radius 3 is 2.40 bits per heavy atom. The molecule has 0 bridgehead atoms. The monoisotopic (exact) mass is 411 g/mol. The molecule has 154 valence electrons. The first-order valence-electron chi connectivity index (χ1n) is 9.37. The Kier molecular flexibility index (Phi) is 5.80. The molecule has 9 heteroatoms. The highest BCUT2D eigenvalue weighted by Gasteiger charge is 2.18. The zero-order chi connectivity index (χ0) is 20.9. The van der Waals surface area contributed by atoms with E-state index in [1.54, 1.807) is 30.6 Å². The van der Waals surface area contributed by atoms with Gasteiger partial charge in [-0.2, -0.15) is 0 Å². The molecule has 2 heterocycles. The molecule has 0 unspecified atom stereocenters. The fourth-order valence-electron chi connectivity index (χ4n) is 3.20. The van der Waals surface area contributed by atoms with Crippen molar-refractivity contribution >= 4 is 23.2 Å². The van der Waals surface area contributed by atoms with Crippen molar-refractivity contribution in [3.8, 4) is 11.3 Å². The smallest absolute Gasteiger partial charge is 0.323 e. The van der Waals surface area contributed by atoms with Gasteiger partial charge < -0.3 is 20.3 Å². The number of aromatic nitrogens is 2. The van der Waals surface area contributed by atoms with Gasteiger partial charge in [0.2, 0.25) is 0 Å². The lowest BCUT2D eigenvalue weighted by Crippen LogP contribution is -2.37. The topological polar surface area (TPSA) is 79.4 Å². The van der Waals surface area contributed by atoms with Crippen LogP contribution in [0.4, 0.5) is 30.8 Å². The van der Waals surface area contributed by atoms with Crippen LogP contribution in [-0.2, 0) is 4.74 Å². The predicted molar refractivity (Wildman–Crippen MR) is 109 cm³/mol. The number of anilines is 3. The molecule has 1 aliphatic rings. The predicted octanol–water partition coefficient (Wildman–Crippen LogP) is 3.90. The molecular weight excluding hydrogens is 392 g/mol. The number of ether oxygens (including phenoxy) is 1. The minimum Gasteiger partial charge on any atom is -0.378 e. The zero-order valence-electron chi connectivity index (χ0n) is 15.9. The van der Waals surface area contributed by atoms with Gasteiger partial charge in [-0.05, 0) is 24.3 Å². The maximum Gasteiger partial charge on any atom is 0.323 e. The fraction of sp³-hybridized carbons (Fsp3) is 0.190. The summed E-state index contributed by atoms with van der Waals surface area (Å²) in [4.78, 5) is 23.3. The first-order valence-corrected chi connectivity index (χ1v) is 9.37. The summed E-state index contributed by atoms with van der Waals surface area (Å²) >= 11 is 0. The summed E-state index contributed by atoms with van der Waals surface area (Å²) in [6.45, 7) is 2.68. The van der Waals surface area contributed by atoms with E-state index in [0.29, 0.717) is 24.6 Å². The molecule has 0 radical (unpaired) electrons. The molecule has 0 aliphatic carbocycles. The third kappa shape index (κ3) is 4.69. The summed E-state index contributed by atoms with van der Waals surface area (Å²) in [6, 6.07) is 9.31. The van der Waals surface area contributed by atoms with Crippen LogP contribution in [0.15, 0.2) is 54.9 Å². The Hall–Kier alpha value is -3.59. The largest absolute Gasteiger partial charge is 0.378 e. The van der Waals surface area contributed by atoms with Crippen LogP contribution in [0.1, 0.15) is 0 Å². The molecule has 1 fully saturated rings. The number of carbonyl (C=O) groups excluding carboxylic acids is 1. The molecule has 2 N–H and O–H groups in total. The van der Waals surface area contributed by atoms with Crippen LogP contribution >= 0.6 is 0 Å². The van der Waals surface area contributed by atoms with Crippen molar-refractivity contribution in [3.63, 3.8) is 0 Å². The lowest BCUT2D eigenvalue weighted by atomic mass is 10.1. The molecule has 2 amide bonds. The summed E-state index contributed by atoms with van der Waals surface area (Å²) in [5.41, 5.74) is 1.99. The Morgan fingerprint density at radius 2 is 1.63 bits per heavy atom. The van der Waals surface area contributed by atoms with Crippen LogP contribution in [-0.4, -0.2) is 42.3 Å². The maximum absolute atomic E-state index is 13.3. The SMILES string of the molecule is O=C(Nc1cc(F)cc(F)c1)Nc1cccc(-c2nccnc2N2CCOCC2)c1. The number of nitrogens with one attached hydrogen (secondary N) is 2. The molecule has 1 aromatic heterocycles. The number of hydrogen-bond donors (Lipinski definition) is 2. The number of benzene rings is 2. The normalized spacial score (nSPS) is 13.7. The number of amides is 2. The van der Waals surface area contributed by atoms with E-state index >= 15 is 0 Å². The molecule has 0 saturated carbocycles. The molecule has 30 heavy (non-hydrogen) atoms. The zero-order valence-corrected chi connectivity index (χ0v) is 15.9. The van der Waals surface area contributed by atoms with Crippen LogP contribution in [0.3, 0.4) is 0 Å². The van der Waals surface area contributed by atoms with Gasteiger partial charge in [0.1, 0.15) is 17.3 Å². The molecule has 0 atom stereocenters. The van der Waals surface area contributed by atoms with Gasteiger partial charge >= 0.3 is 6.03 Å². The maximum atomic E-state index is 13.3. The third-order valence-corrected chi connectivity index (χ3v) is 4.50. The molecule has 0 spiro atoms. The van der Waals surface area contributed by atoms with Crippen molar-refractivity contribution in [1.29, 1.82) is 0 Å². The number of nitrogens with zero attached hydrogens (tertiary/aromatic N) is 3. The first-order chi connectivity index (χ1) is 14.6. The van der Waals surface area contributed by atoms with E-state index in [9.17, 15) is 13.6 Å². The summed E-state index contributed by atoms with van der Waals surface area (Å²) in [6.07, 6.45) is 3.26. The highest BCUT2D eigenvalue weighted by molar-refractivity contribution is 6.00. The molecule has 3 aromatic rings. The Labute approximate surface area is 171 Å². The molecule has 7 nitrogen and oxygen atoms in total. The minimum atomic E-state index is -0.773. The molecule has 1 aliphatic heterocycles. The Morgan fingerprint density at radius 1 is 0.933 bits per heavy atom. The minimum absolute atomic E-state index is 0.0182. The Bertz CT molecular complexity index is 1040. The number of morpholine rings is 1. The lowest BCUT2D eigenvalue weighted by Gasteiger charge is -2.28. The van der Waals surface area contributed by atoms with Crippen LogP contribution in [0, 0.1) is 11.6 Å². The van der Waals surface area contributed by atoms with E-state index in [1.165, 1.54) is 0 Å². The van der Waals surface area contributed by atoms with E-state index in [1.807, 2.05) is 6.07 Å². The first kappa shape index (κ1) is 19.7. The van der Waals surface area contributed by atoms with Gasteiger partial charge in [-0.25, -0.2) is 18.6 Å². The molecular formula is C21H19F2N5O2. The van der Waals surface area contributed by atoms with Crippen molar-refractivity contribution in [2.24, 2.45) is 0 Å². The number of halogens is 2. The van der Waals surface area contributed by atoms with Gasteiger partial charge in [0, 0.05) is 48.5 Å². The van der Waals surface area contributed by atoms with Crippen molar-refractivity contribution in [1.82, 2.24) is 9.97 Å². The third-order valence-electron chi connectivity index (χ3n) is 4.50. The van der Waals surface area contributed by atoms with Crippen LogP contribution in [0.5, 0.6) is 0 Å². The van der Waals surface area contributed by atoms with Crippen LogP contribution < -0.4 is 15.5 Å². The molecule has 2 aromatic carbocycles. The number of urea groups is 1. The average Bonchev–Trinajstić information content (AvgIpc) is 2.74. The second-order valence-corrected chi connectivity index (χ2v) is 6.65. The van der Waals surface area contributed by atoms with E-state index in [4.69, 9.17) is 4.74 Å². The van der Waals surface area contributed by atoms with E-state index in [-0.39, 0.29) is 5.69 Å². The van der Waals surface area contributed by atoms with Crippen molar-refractivity contribution < 1.29 is 18.3 Å². The Balaban J connectivity index is 1.52. The second-order valence-electron chi connectivity index (χ2n) is 6.65. The summed E-state index contributed by atoms with van der Waals surface area (Å²) in [5, 5.41) is 5.08. The number of rotatable bonds is 4. The van der Waals surface area contributed by atoms with Crippen LogP contribution in [0.25, 0.3) is 11.3 Å². The number of carbonyl (C=O) groups is 1. The molecule has 4 rings (SSSR count).